The van der Waals surface area contributed by atoms with E-state index in [1.165, 1.54) is 10.2 Å². The zero-order chi connectivity index (χ0) is 23.7. The number of hydrogen-bond acceptors (Lipinski definition) is 6. The van der Waals surface area contributed by atoms with E-state index < -0.39 is 22.0 Å². The van der Waals surface area contributed by atoms with Crippen LogP contribution in [0.3, 0.4) is 0 Å². The van der Waals surface area contributed by atoms with Crippen molar-refractivity contribution < 1.29 is 28.2 Å². The van der Waals surface area contributed by atoms with Gasteiger partial charge in [0, 0.05) is 37.3 Å². The van der Waals surface area contributed by atoms with Gasteiger partial charge in [-0.05, 0) is 42.8 Å². The van der Waals surface area contributed by atoms with Gasteiger partial charge in [0.1, 0.15) is 4.90 Å². The molecule has 0 saturated heterocycles. The molecule has 0 amide bonds. The summed E-state index contributed by atoms with van der Waals surface area (Å²) in [5.74, 6) is -2.51. The third kappa shape index (κ3) is 6.62. The lowest BCUT2D eigenvalue weighted by Gasteiger charge is -2.11. The van der Waals surface area contributed by atoms with Crippen molar-refractivity contribution in [3.05, 3.63) is 84.3 Å². The molecular weight excluding hydrogens is 434 g/mol. The summed E-state index contributed by atoms with van der Waals surface area (Å²) in [5.41, 5.74) is 3.20. The number of carboxylic acids is 2. The van der Waals surface area contributed by atoms with Gasteiger partial charge in [-0.2, -0.15) is 0 Å². The number of aromatic nitrogens is 2. The molecule has 9 nitrogen and oxygen atoms in total. The number of carboxylic acid groups (broad SMARTS) is 2. The fraction of sp³-hybridized carbons (Fsp3) is 0.136. The molecule has 2 heterocycles. The second kappa shape index (κ2) is 11.0. The van der Waals surface area contributed by atoms with E-state index in [2.05, 4.69) is 10.3 Å². The van der Waals surface area contributed by atoms with Gasteiger partial charge < -0.3 is 15.5 Å². The third-order valence-corrected chi connectivity index (χ3v) is 5.71. The van der Waals surface area contributed by atoms with Crippen LogP contribution in [-0.2, 0) is 26.2 Å². The molecule has 3 aromatic rings. The fourth-order valence-electron chi connectivity index (χ4n) is 2.74. The van der Waals surface area contributed by atoms with Gasteiger partial charge in [0.05, 0.1) is 5.69 Å². The van der Waals surface area contributed by atoms with Crippen LogP contribution in [0.2, 0.25) is 0 Å². The zero-order valence-corrected chi connectivity index (χ0v) is 18.3. The molecule has 0 aliphatic rings. The lowest BCUT2D eigenvalue weighted by atomic mass is 10.1. The van der Waals surface area contributed by atoms with Gasteiger partial charge in [-0.1, -0.05) is 30.3 Å². The topological polar surface area (TPSA) is 139 Å². The number of aryl methyl sites for hydroxylation is 1. The van der Waals surface area contributed by atoms with Crippen LogP contribution in [0.1, 0.15) is 11.1 Å². The Hall–Kier alpha value is -3.76. The minimum Gasteiger partial charge on any atom is -0.478 e. The van der Waals surface area contributed by atoms with Crippen LogP contribution >= 0.6 is 0 Å². The third-order valence-electron chi connectivity index (χ3n) is 4.07. The van der Waals surface area contributed by atoms with Gasteiger partial charge >= 0.3 is 11.9 Å². The van der Waals surface area contributed by atoms with Gasteiger partial charge in [0.25, 0.3) is 10.0 Å². The number of nitrogens with zero attached hydrogens (tertiary/aromatic N) is 2. The van der Waals surface area contributed by atoms with Crippen molar-refractivity contribution in [1.82, 2.24) is 14.3 Å². The Morgan fingerprint density at radius 3 is 2.22 bits per heavy atom. The Morgan fingerprint density at radius 1 is 1.06 bits per heavy atom. The SMILES string of the molecule is CNCc1cc(-c2ccccc2)n(S(=O)(=O)c2cncc(C)c2)c1.O=C(O)/C=C/C(=O)O. The van der Waals surface area contributed by atoms with E-state index in [9.17, 15) is 18.0 Å². The van der Waals surface area contributed by atoms with Gasteiger partial charge in [0.15, 0.2) is 0 Å². The lowest BCUT2D eigenvalue weighted by molar-refractivity contribution is -0.134. The van der Waals surface area contributed by atoms with Crippen molar-refractivity contribution >= 4 is 22.0 Å². The number of aliphatic carboxylic acids is 2. The monoisotopic (exact) mass is 457 g/mol. The summed E-state index contributed by atoms with van der Waals surface area (Å²) in [7, 11) is -1.88. The molecule has 168 valence electrons. The number of carbonyl (C=O) groups is 2. The van der Waals surface area contributed by atoms with Crippen molar-refractivity contribution in [2.75, 3.05) is 7.05 Å². The van der Waals surface area contributed by atoms with Crippen molar-refractivity contribution in [2.24, 2.45) is 0 Å². The van der Waals surface area contributed by atoms with Crippen molar-refractivity contribution in [3.8, 4) is 11.3 Å². The molecule has 32 heavy (non-hydrogen) atoms. The van der Waals surface area contributed by atoms with Crippen molar-refractivity contribution in [3.63, 3.8) is 0 Å². The molecule has 0 aliphatic carbocycles. The summed E-state index contributed by atoms with van der Waals surface area (Å²) >= 11 is 0. The Kier molecular flexibility index (Phi) is 8.45. The molecule has 0 unspecified atom stereocenters. The highest BCUT2D eigenvalue weighted by Crippen LogP contribution is 2.27. The summed E-state index contributed by atoms with van der Waals surface area (Å²) in [4.78, 5) is 23.3. The molecule has 3 rings (SSSR count). The molecule has 10 heteroatoms. The first-order chi connectivity index (χ1) is 15.1. The van der Waals surface area contributed by atoms with E-state index in [4.69, 9.17) is 10.2 Å². The van der Waals surface area contributed by atoms with Crippen LogP contribution in [0.15, 0.2) is 78.1 Å². The van der Waals surface area contributed by atoms with Gasteiger partial charge in [-0.15, -0.1) is 0 Å². The molecule has 0 aliphatic heterocycles. The van der Waals surface area contributed by atoms with Crippen molar-refractivity contribution in [2.45, 2.75) is 18.4 Å². The molecular formula is C22H23N3O6S. The maximum absolute atomic E-state index is 13.1. The molecule has 0 spiro atoms. The van der Waals surface area contributed by atoms with E-state index in [0.717, 1.165) is 16.7 Å². The number of benzene rings is 1. The van der Waals surface area contributed by atoms with E-state index in [-0.39, 0.29) is 4.90 Å². The Morgan fingerprint density at radius 2 is 1.69 bits per heavy atom. The van der Waals surface area contributed by atoms with E-state index in [1.807, 2.05) is 50.4 Å². The second-order valence-corrected chi connectivity index (χ2v) is 8.45. The van der Waals surface area contributed by atoms with Crippen LogP contribution in [-0.4, -0.2) is 46.6 Å². The summed E-state index contributed by atoms with van der Waals surface area (Å²) in [6.07, 6.45) is 5.80. The zero-order valence-electron chi connectivity index (χ0n) is 17.5. The molecule has 0 fully saturated rings. The summed E-state index contributed by atoms with van der Waals surface area (Å²) in [6.45, 7) is 2.42. The Balaban J connectivity index is 0.000000390. The number of hydrogen-bond donors (Lipinski definition) is 3. The van der Waals surface area contributed by atoms with Crippen LogP contribution < -0.4 is 5.32 Å². The van der Waals surface area contributed by atoms with Crippen LogP contribution in [0.25, 0.3) is 11.3 Å². The first-order valence-electron chi connectivity index (χ1n) is 9.37. The predicted octanol–water partition coefficient (Wildman–Crippen LogP) is 2.53. The minimum atomic E-state index is -3.71. The van der Waals surface area contributed by atoms with Crippen LogP contribution in [0.4, 0.5) is 0 Å². The minimum absolute atomic E-state index is 0.186. The molecule has 0 atom stereocenters. The molecule has 0 saturated carbocycles. The average molecular weight is 458 g/mol. The van der Waals surface area contributed by atoms with Crippen LogP contribution in [0, 0.1) is 6.92 Å². The Bertz CT molecular complexity index is 1200. The standard InChI is InChI=1S/C18H19N3O2S.C4H4O4/c1-14-8-17(12-20-10-14)24(22,23)21-13-15(11-19-2)9-18(21)16-6-4-3-5-7-16;5-3(6)1-2-4(7)8/h3-10,12-13,19H,11H2,1-2H3;1-2H,(H,5,6)(H,7,8)/b;2-1+. The fourth-order valence-corrected chi connectivity index (χ4v) is 4.19. The molecule has 1 aromatic carbocycles. The van der Waals surface area contributed by atoms with E-state index in [1.54, 1.807) is 18.5 Å². The van der Waals surface area contributed by atoms with Gasteiger partial charge in [-0.3, -0.25) is 4.98 Å². The van der Waals surface area contributed by atoms with Gasteiger partial charge in [-0.25, -0.2) is 22.0 Å². The predicted molar refractivity (Wildman–Crippen MR) is 119 cm³/mol. The highest BCUT2D eigenvalue weighted by molar-refractivity contribution is 7.90. The maximum Gasteiger partial charge on any atom is 0.328 e. The largest absolute Gasteiger partial charge is 0.478 e. The smallest absolute Gasteiger partial charge is 0.328 e. The molecule has 0 radical (unpaired) electrons. The molecule has 2 aromatic heterocycles. The Labute approximate surface area is 185 Å². The van der Waals surface area contributed by atoms with E-state index >= 15 is 0 Å². The highest BCUT2D eigenvalue weighted by atomic mass is 32.2. The van der Waals surface area contributed by atoms with Gasteiger partial charge in [0.2, 0.25) is 0 Å². The number of rotatable bonds is 7. The first-order valence-corrected chi connectivity index (χ1v) is 10.8. The summed E-state index contributed by atoms with van der Waals surface area (Å²) in [6, 6.07) is 13.0. The highest BCUT2D eigenvalue weighted by Gasteiger charge is 2.22. The molecule has 3 N–H and O–H groups in total. The quantitative estimate of drug-likeness (QED) is 0.460. The lowest BCUT2D eigenvalue weighted by Crippen LogP contribution is -2.14. The summed E-state index contributed by atoms with van der Waals surface area (Å²) in [5, 5.41) is 18.7. The van der Waals surface area contributed by atoms with Crippen LogP contribution in [0.5, 0.6) is 0 Å². The second-order valence-electron chi connectivity index (χ2n) is 6.64. The average Bonchev–Trinajstić information content (AvgIpc) is 3.18. The van der Waals surface area contributed by atoms with E-state index in [0.29, 0.717) is 24.4 Å². The van der Waals surface area contributed by atoms with Crippen molar-refractivity contribution in [1.29, 1.82) is 0 Å². The normalized spacial score (nSPS) is 11.1. The maximum atomic E-state index is 13.1. The summed E-state index contributed by atoms with van der Waals surface area (Å²) < 4.78 is 27.5. The number of pyridine rings is 1. The molecule has 0 bridgehead atoms. The first kappa shape index (κ1) is 24.5. The number of nitrogens with one attached hydrogen (secondary N) is 1.